The van der Waals surface area contributed by atoms with E-state index < -0.39 is 4.92 Å². The smallest absolute Gasteiger partial charge is 0.271 e. The maximum Gasteiger partial charge on any atom is 0.271 e. The number of H-pyrrole nitrogens is 2. The molecule has 4 rings (SSSR count). The van der Waals surface area contributed by atoms with Crippen molar-refractivity contribution in [3.8, 4) is 17.1 Å². The maximum atomic E-state index is 12.2. The summed E-state index contributed by atoms with van der Waals surface area (Å²) in [7, 11) is 0. The van der Waals surface area contributed by atoms with E-state index in [1.807, 2.05) is 0 Å². The SMILES string of the molecule is O=C(CSc1n[nH]c(-c2ccccc2O)n1)Nc1nc2ccc([N+](=O)[O-])cc2[nH]1. The quantitative estimate of drug-likeness (QED) is 0.214. The van der Waals surface area contributed by atoms with Crippen LogP contribution in [0.25, 0.3) is 22.4 Å². The van der Waals surface area contributed by atoms with Gasteiger partial charge in [-0.15, -0.1) is 5.10 Å². The van der Waals surface area contributed by atoms with Crippen LogP contribution in [0.5, 0.6) is 5.75 Å². The molecule has 0 radical (unpaired) electrons. The molecule has 0 saturated carbocycles. The lowest BCUT2D eigenvalue weighted by molar-refractivity contribution is -0.384. The maximum absolute atomic E-state index is 12.2. The van der Waals surface area contributed by atoms with E-state index in [0.717, 1.165) is 11.8 Å². The number of para-hydroxylation sites is 1. The van der Waals surface area contributed by atoms with Gasteiger partial charge in [-0.05, 0) is 18.2 Å². The molecule has 4 aromatic rings. The van der Waals surface area contributed by atoms with Gasteiger partial charge in [-0.3, -0.25) is 25.3 Å². The molecular formula is C17H13N7O4S. The number of hydrogen-bond donors (Lipinski definition) is 4. The summed E-state index contributed by atoms with van der Waals surface area (Å²) in [4.78, 5) is 33.7. The Kier molecular flexibility index (Phi) is 4.83. The van der Waals surface area contributed by atoms with E-state index in [-0.39, 0.29) is 29.0 Å². The van der Waals surface area contributed by atoms with Crippen LogP contribution in [-0.2, 0) is 4.79 Å². The second-order valence-electron chi connectivity index (χ2n) is 5.86. The number of nitrogens with one attached hydrogen (secondary N) is 3. The molecule has 11 nitrogen and oxygen atoms in total. The number of nitro benzene ring substituents is 1. The molecule has 2 aromatic heterocycles. The van der Waals surface area contributed by atoms with Crippen LogP contribution in [0.4, 0.5) is 11.6 Å². The van der Waals surface area contributed by atoms with Crippen molar-refractivity contribution in [3.05, 3.63) is 52.6 Å². The molecule has 0 aliphatic carbocycles. The van der Waals surface area contributed by atoms with Crippen LogP contribution in [0, 0.1) is 10.1 Å². The highest BCUT2D eigenvalue weighted by Gasteiger charge is 2.14. The highest BCUT2D eigenvalue weighted by atomic mass is 32.2. The number of aromatic amines is 2. The third-order valence-corrected chi connectivity index (χ3v) is 4.74. The van der Waals surface area contributed by atoms with Gasteiger partial charge in [0.05, 0.1) is 27.3 Å². The van der Waals surface area contributed by atoms with Gasteiger partial charge in [0.15, 0.2) is 5.82 Å². The number of nitro groups is 1. The number of aromatic hydroxyl groups is 1. The Hall–Kier alpha value is -3.93. The molecule has 0 atom stereocenters. The number of non-ortho nitro benzene ring substituents is 1. The predicted molar refractivity (Wildman–Crippen MR) is 106 cm³/mol. The van der Waals surface area contributed by atoms with Gasteiger partial charge >= 0.3 is 0 Å². The summed E-state index contributed by atoms with van der Waals surface area (Å²) in [6.07, 6.45) is 0. The van der Waals surface area contributed by atoms with Crippen LogP contribution in [0.15, 0.2) is 47.6 Å². The van der Waals surface area contributed by atoms with Crippen LogP contribution in [0.3, 0.4) is 0 Å². The molecular weight excluding hydrogens is 398 g/mol. The number of phenolic OH excluding ortho intramolecular Hbond substituents is 1. The number of phenols is 1. The molecule has 0 fully saturated rings. The Balaban J connectivity index is 1.39. The predicted octanol–water partition coefficient (Wildman–Crippen LogP) is 2.69. The van der Waals surface area contributed by atoms with Gasteiger partial charge in [0.1, 0.15) is 5.75 Å². The van der Waals surface area contributed by atoms with E-state index in [9.17, 15) is 20.0 Å². The van der Waals surface area contributed by atoms with Crippen LogP contribution in [-0.4, -0.2) is 46.8 Å². The molecule has 146 valence electrons. The fourth-order valence-electron chi connectivity index (χ4n) is 2.57. The summed E-state index contributed by atoms with van der Waals surface area (Å²) in [6.45, 7) is 0. The number of imidazole rings is 1. The largest absolute Gasteiger partial charge is 0.507 e. The molecule has 0 aliphatic heterocycles. The average Bonchev–Trinajstić information content (AvgIpc) is 3.32. The van der Waals surface area contributed by atoms with Crippen molar-refractivity contribution < 1.29 is 14.8 Å². The zero-order chi connectivity index (χ0) is 20.4. The van der Waals surface area contributed by atoms with E-state index in [1.54, 1.807) is 24.3 Å². The zero-order valence-corrected chi connectivity index (χ0v) is 15.4. The average molecular weight is 411 g/mol. The van der Waals surface area contributed by atoms with Crippen LogP contribution < -0.4 is 5.32 Å². The third-order valence-electron chi connectivity index (χ3n) is 3.89. The van der Waals surface area contributed by atoms with Crippen LogP contribution >= 0.6 is 11.8 Å². The number of hydrogen-bond acceptors (Lipinski definition) is 8. The molecule has 0 saturated heterocycles. The number of rotatable bonds is 6. The second kappa shape index (κ2) is 7.59. The standard InChI is InChI=1S/C17H13N7O4S/c25-13-4-2-1-3-10(13)15-21-17(23-22-15)29-8-14(26)20-16-18-11-6-5-9(24(27)28)7-12(11)19-16/h1-7,25H,8H2,(H,21,22,23)(H2,18,19,20,26). The van der Waals surface area contributed by atoms with Gasteiger partial charge in [-0.25, -0.2) is 9.97 Å². The minimum absolute atomic E-state index is 0.0231. The van der Waals surface area contributed by atoms with E-state index in [2.05, 4.69) is 30.5 Å². The summed E-state index contributed by atoms with van der Waals surface area (Å²) in [5.74, 6) is 0.330. The Labute approximate surface area is 166 Å². The highest BCUT2D eigenvalue weighted by Crippen LogP contribution is 2.27. The lowest BCUT2D eigenvalue weighted by Gasteiger charge is -1.99. The first-order valence-corrected chi connectivity index (χ1v) is 9.26. The number of fused-ring (bicyclic) bond motifs is 1. The van der Waals surface area contributed by atoms with Gasteiger partial charge in [0.2, 0.25) is 17.0 Å². The number of anilines is 1. The molecule has 2 heterocycles. The normalized spacial score (nSPS) is 10.9. The summed E-state index contributed by atoms with van der Waals surface area (Å²) in [5.41, 5.74) is 1.38. The lowest BCUT2D eigenvalue weighted by Crippen LogP contribution is -2.15. The summed E-state index contributed by atoms with van der Waals surface area (Å²) in [6, 6.07) is 10.9. The fraction of sp³-hybridized carbons (Fsp3) is 0.0588. The minimum Gasteiger partial charge on any atom is -0.507 e. The van der Waals surface area contributed by atoms with Crippen molar-refractivity contribution in [1.82, 2.24) is 25.1 Å². The van der Waals surface area contributed by atoms with Gasteiger partial charge in [-0.1, -0.05) is 23.9 Å². The number of aromatic nitrogens is 5. The molecule has 0 bridgehead atoms. The van der Waals surface area contributed by atoms with Crippen molar-refractivity contribution >= 4 is 40.3 Å². The Morgan fingerprint density at radius 2 is 2.07 bits per heavy atom. The first-order valence-electron chi connectivity index (χ1n) is 8.27. The minimum atomic E-state index is -0.504. The Morgan fingerprint density at radius 1 is 1.24 bits per heavy atom. The summed E-state index contributed by atoms with van der Waals surface area (Å²) < 4.78 is 0. The number of amides is 1. The molecule has 29 heavy (non-hydrogen) atoms. The van der Waals surface area contributed by atoms with Crippen molar-refractivity contribution in [2.24, 2.45) is 0 Å². The van der Waals surface area contributed by atoms with Crippen LogP contribution in [0.2, 0.25) is 0 Å². The van der Waals surface area contributed by atoms with Gasteiger partial charge in [0, 0.05) is 12.1 Å². The van der Waals surface area contributed by atoms with Crippen molar-refractivity contribution in [1.29, 1.82) is 0 Å². The molecule has 0 aliphatic rings. The molecule has 12 heteroatoms. The number of nitrogens with zero attached hydrogens (tertiary/aromatic N) is 4. The number of carbonyl (C=O) groups excluding carboxylic acids is 1. The monoisotopic (exact) mass is 411 g/mol. The Bertz CT molecular complexity index is 1220. The first-order chi connectivity index (χ1) is 14.0. The molecule has 1 amide bonds. The number of thioether (sulfide) groups is 1. The summed E-state index contributed by atoms with van der Waals surface area (Å²) >= 11 is 1.10. The van der Waals surface area contributed by atoms with E-state index >= 15 is 0 Å². The molecule has 2 aromatic carbocycles. The van der Waals surface area contributed by atoms with E-state index in [4.69, 9.17) is 0 Å². The number of carbonyl (C=O) groups is 1. The van der Waals surface area contributed by atoms with E-state index in [1.165, 1.54) is 18.2 Å². The van der Waals surface area contributed by atoms with Gasteiger partial charge in [-0.2, -0.15) is 0 Å². The first kappa shape index (κ1) is 18.4. The van der Waals surface area contributed by atoms with Gasteiger partial charge < -0.3 is 10.1 Å². The fourth-order valence-corrected chi connectivity index (χ4v) is 3.17. The molecule has 0 unspecified atom stereocenters. The van der Waals surface area contributed by atoms with Crippen molar-refractivity contribution in [2.45, 2.75) is 5.16 Å². The molecule has 4 N–H and O–H groups in total. The van der Waals surface area contributed by atoms with Crippen molar-refractivity contribution in [3.63, 3.8) is 0 Å². The van der Waals surface area contributed by atoms with Gasteiger partial charge in [0.25, 0.3) is 5.69 Å². The van der Waals surface area contributed by atoms with E-state index in [0.29, 0.717) is 27.6 Å². The zero-order valence-electron chi connectivity index (χ0n) is 14.6. The molecule has 0 spiro atoms. The van der Waals surface area contributed by atoms with Crippen molar-refractivity contribution in [2.75, 3.05) is 11.1 Å². The summed E-state index contributed by atoms with van der Waals surface area (Å²) in [5, 5.41) is 30.4. The number of benzene rings is 2. The highest BCUT2D eigenvalue weighted by molar-refractivity contribution is 7.99. The Morgan fingerprint density at radius 3 is 2.86 bits per heavy atom. The topological polar surface area (TPSA) is 163 Å². The third kappa shape index (κ3) is 4.01. The second-order valence-corrected chi connectivity index (χ2v) is 6.81. The van der Waals surface area contributed by atoms with Crippen LogP contribution in [0.1, 0.15) is 0 Å². The lowest BCUT2D eigenvalue weighted by atomic mass is 10.2.